The third-order valence-corrected chi connectivity index (χ3v) is 2.91. The van der Waals surface area contributed by atoms with E-state index in [1.165, 1.54) is 7.11 Å². The van der Waals surface area contributed by atoms with Crippen molar-refractivity contribution in [3.05, 3.63) is 21.4 Å². The van der Waals surface area contributed by atoms with Gasteiger partial charge in [-0.1, -0.05) is 11.6 Å². The molecule has 0 amide bonds. The maximum Gasteiger partial charge on any atom is 0.356 e. The van der Waals surface area contributed by atoms with Crippen LogP contribution in [0.3, 0.4) is 0 Å². The summed E-state index contributed by atoms with van der Waals surface area (Å²) in [6.07, 6.45) is 1.76. The number of halogens is 2. The molecule has 0 radical (unpaired) electrons. The van der Waals surface area contributed by atoms with E-state index in [4.69, 9.17) is 11.6 Å². The number of methoxy groups -OCH3 is 1. The van der Waals surface area contributed by atoms with E-state index < -0.39 is 5.97 Å². The highest BCUT2D eigenvalue weighted by atomic mass is 79.9. The molecule has 3 nitrogen and oxygen atoms in total. The molecule has 0 N–H and O–H groups in total. The van der Waals surface area contributed by atoms with Crippen LogP contribution in [0.4, 0.5) is 0 Å². The Kier molecular flexibility index (Phi) is 3.39. The molecule has 0 aliphatic rings. The summed E-state index contributed by atoms with van der Waals surface area (Å²) in [4.78, 5) is 11.3. The predicted octanol–water partition coefficient (Wildman–Crippen LogP) is 2.71. The van der Waals surface area contributed by atoms with Crippen LogP contribution >= 0.6 is 27.5 Å². The molecule has 0 aliphatic heterocycles. The lowest BCUT2D eigenvalue weighted by Gasteiger charge is -2.03. The van der Waals surface area contributed by atoms with E-state index in [1.54, 1.807) is 10.8 Å². The maximum atomic E-state index is 11.3. The molecule has 1 rings (SSSR count). The Morgan fingerprint density at radius 1 is 1.77 bits per heavy atom. The van der Waals surface area contributed by atoms with Crippen molar-refractivity contribution in [2.75, 3.05) is 7.11 Å². The van der Waals surface area contributed by atoms with Gasteiger partial charge in [0.15, 0.2) is 0 Å². The first-order valence-corrected chi connectivity index (χ1v) is 4.91. The summed E-state index contributed by atoms with van der Waals surface area (Å²) in [7, 11) is 1.33. The van der Waals surface area contributed by atoms with Crippen LogP contribution < -0.4 is 0 Å². The van der Waals surface area contributed by atoms with E-state index in [2.05, 4.69) is 20.7 Å². The fraction of sp³-hybridized carbons (Fsp3) is 0.375. The normalized spacial score (nSPS) is 10.2. The van der Waals surface area contributed by atoms with E-state index in [-0.39, 0.29) is 0 Å². The van der Waals surface area contributed by atoms with Crippen LogP contribution in [0, 0.1) is 0 Å². The summed E-state index contributed by atoms with van der Waals surface area (Å²) >= 11 is 9.14. The lowest BCUT2D eigenvalue weighted by Crippen LogP contribution is -2.09. The molecule has 0 spiro atoms. The molecule has 1 aromatic heterocycles. The highest BCUT2D eigenvalue weighted by Gasteiger charge is 2.18. The van der Waals surface area contributed by atoms with Gasteiger partial charge in [0, 0.05) is 12.7 Å². The van der Waals surface area contributed by atoms with Crippen molar-refractivity contribution >= 4 is 33.5 Å². The second-order valence-corrected chi connectivity index (χ2v) is 3.65. The van der Waals surface area contributed by atoms with E-state index in [0.717, 1.165) is 0 Å². The summed E-state index contributed by atoms with van der Waals surface area (Å²) in [5, 5.41) is 0.397. The van der Waals surface area contributed by atoms with E-state index in [1.807, 2.05) is 6.92 Å². The van der Waals surface area contributed by atoms with Crippen LogP contribution in [-0.2, 0) is 11.3 Å². The summed E-state index contributed by atoms with van der Waals surface area (Å²) in [6.45, 7) is 2.60. The molecule has 0 saturated carbocycles. The fourth-order valence-corrected chi connectivity index (χ4v) is 1.72. The number of rotatable bonds is 2. The first-order chi connectivity index (χ1) is 6.11. The predicted molar refractivity (Wildman–Crippen MR) is 54.2 cm³/mol. The van der Waals surface area contributed by atoms with Crippen LogP contribution in [-0.4, -0.2) is 17.6 Å². The largest absolute Gasteiger partial charge is 0.464 e. The number of esters is 1. The minimum absolute atomic E-state index is 0.388. The zero-order valence-corrected chi connectivity index (χ0v) is 9.65. The monoisotopic (exact) mass is 265 g/mol. The molecule has 0 atom stereocenters. The average molecular weight is 267 g/mol. The van der Waals surface area contributed by atoms with Gasteiger partial charge < -0.3 is 9.30 Å². The molecule has 5 heteroatoms. The third-order valence-electron chi connectivity index (χ3n) is 1.69. The lowest BCUT2D eigenvalue weighted by atomic mass is 10.4. The van der Waals surface area contributed by atoms with Crippen LogP contribution in [0.2, 0.25) is 5.02 Å². The van der Waals surface area contributed by atoms with Crippen LogP contribution in [0.1, 0.15) is 17.4 Å². The molecular formula is C8H9BrClNO2. The summed E-state index contributed by atoms with van der Waals surface area (Å²) < 4.78 is 7.05. The molecule has 0 aromatic carbocycles. The number of aryl methyl sites for hydroxylation is 1. The Hall–Kier alpha value is -0.480. The van der Waals surface area contributed by atoms with Crippen molar-refractivity contribution in [1.82, 2.24) is 4.57 Å². The molecule has 0 aliphatic carbocycles. The number of carbonyl (C=O) groups excluding carboxylic acids is 1. The second kappa shape index (κ2) is 4.15. The minimum atomic E-state index is -0.419. The Morgan fingerprint density at radius 2 is 2.38 bits per heavy atom. The van der Waals surface area contributed by atoms with Gasteiger partial charge in [0.25, 0.3) is 0 Å². The number of ether oxygens (including phenoxy) is 1. The van der Waals surface area contributed by atoms with Gasteiger partial charge in [0.05, 0.1) is 16.6 Å². The van der Waals surface area contributed by atoms with Crippen molar-refractivity contribution < 1.29 is 9.53 Å². The molecule has 1 heterocycles. The second-order valence-electron chi connectivity index (χ2n) is 2.42. The summed E-state index contributed by atoms with van der Waals surface area (Å²) in [5.74, 6) is -0.419. The van der Waals surface area contributed by atoms with E-state index >= 15 is 0 Å². The van der Waals surface area contributed by atoms with E-state index in [0.29, 0.717) is 21.7 Å². The zero-order valence-electron chi connectivity index (χ0n) is 7.30. The Morgan fingerprint density at radius 3 is 2.85 bits per heavy atom. The molecule has 72 valence electrons. The van der Waals surface area contributed by atoms with Gasteiger partial charge in [-0.2, -0.15) is 0 Å². The average Bonchev–Trinajstić information content (AvgIpc) is 2.42. The van der Waals surface area contributed by atoms with Crippen LogP contribution in [0.25, 0.3) is 0 Å². The standard InChI is InChI=1S/C8H9BrClNO2/c1-3-11-4-5(9)6(10)7(11)8(12)13-2/h4H,3H2,1-2H3. The topological polar surface area (TPSA) is 31.2 Å². The van der Waals surface area contributed by atoms with Crippen LogP contribution in [0.15, 0.2) is 10.7 Å². The number of nitrogens with zero attached hydrogens (tertiary/aromatic N) is 1. The molecule has 0 saturated heterocycles. The first kappa shape index (κ1) is 10.6. The van der Waals surface area contributed by atoms with Gasteiger partial charge in [-0.05, 0) is 22.9 Å². The third kappa shape index (κ3) is 1.89. The summed E-state index contributed by atoms with van der Waals surface area (Å²) in [6, 6.07) is 0. The van der Waals surface area contributed by atoms with Gasteiger partial charge >= 0.3 is 5.97 Å². The molecular weight excluding hydrogens is 257 g/mol. The highest BCUT2D eigenvalue weighted by Crippen LogP contribution is 2.28. The number of hydrogen-bond donors (Lipinski definition) is 0. The number of hydrogen-bond acceptors (Lipinski definition) is 2. The van der Waals surface area contributed by atoms with Gasteiger partial charge in [-0.15, -0.1) is 0 Å². The van der Waals surface area contributed by atoms with Crippen molar-refractivity contribution in [1.29, 1.82) is 0 Å². The molecule has 0 fully saturated rings. The number of carbonyl (C=O) groups is 1. The van der Waals surface area contributed by atoms with Crippen molar-refractivity contribution in [2.45, 2.75) is 13.5 Å². The molecule has 0 unspecified atom stereocenters. The smallest absolute Gasteiger partial charge is 0.356 e. The van der Waals surface area contributed by atoms with Gasteiger partial charge in [0.2, 0.25) is 0 Å². The zero-order chi connectivity index (χ0) is 10.0. The van der Waals surface area contributed by atoms with E-state index in [9.17, 15) is 4.79 Å². The molecule has 0 bridgehead atoms. The SMILES string of the molecule is CCn1cc(Br)c(Cl)c1C(=O)OC. The Balaban J connectivity index is 3.23. The molecule has 1 aromatic rings. The molecule has 13 heavy (non-hydrogen) atoms. The first-order valence-electron chi connectivity index (χ1n) is 3.74. The van der Waals surface area contributed by atoms with Crippen molar-refractivity contribution in [2.24, 2.45) is 0 Å². The van der Waals surface area contributed by atoms with Gasteiger partial charge in [-0.3, -0.25) is 0 Å². The lowest BCUT2D eigenvalue weighted by molar-refractivity contribution is 0.0589. The van der Waals surface area contributed by atoms with Crippen molar-refractivity contribution in [3.63, 3.8) is 0 Å². The Bertz CT molecular complexity index is 335. The maximum absolute atomic E-state index is 11.3. The number of aromatic nitrogens is 1. The van der Waals surface area contributed by atoms with Crippen LogP contribution in [0.5, 0.6) is 0 Å². The van der Waals surface area contributed by atoms with Crippen molar-refractivity contribution in [3.8, 4) is 0 Å². The quantitative estimate of drug-likeness (QED) is 0.771. The van der Waals surface area contributed by atoms with Gasteiger partial charge in [0.1, 0.15) is 5.69 Å². The summed E-state index contributed by atoms with van der Waals surface area (Å²) in [5.41, 5.74) is 0.388. The minimum Gasteiger partial charge on any atom is -0.464 e. The highest BCUT2D eigenvalue weighted by molar-refractivity contribution is 9.10. The fourth-order valence-electron chi connectivity index (χ4n) is 1.05. The Labute approximate surface area is 89.8 Å². The van der Waals surface area contributed by atoms with Gasteiger partial charge in [-0.25, -0.2) is 4.79 Å².